The van der Waals surface area contributed by atoms with E-state index in [9.17, 15) is 14.4 Å². The Bertz CT molecular complexity index is 674. The number of carbonyl (C=O) groups is 3. The van der Waals surface area contributed by atoms with Gasteiger partial charge in [0.05, 0.1) is 20.8 Å². The SMILES string of the molecule is COc1cc(OC)cc(C(=O)NCC(=O)N2CCN(C(=O)C(C)C)CC2)c1. The van der Waals surface area contributed by atoms with E-state index in [4.69, 9.17) is 9.47 Å². The summed E-state index contributed by atoms with van der Waals surface area (Å²) in [7, 11) is 3.01. The Labute approximate surface area is 159 Å². The largest absolute Gasteiger partial charge is 0.497 e. The summed E-state index contributed by atoms with van der Waals surface area (Å²) in [5.41, 5.74) is 0.353. The van der Waals surface area contributed by atoms with Crippen LogP contribution in [0.4, 0.5) is 0 Å². The molecule has 1 aliphatic heterocycles. The van der Waals surface area contributed by atoms with E-state index in [-0.39, 0.29) is 30.2 Å². The summed E-state index contributed by atoms with van der Waals surface area (Å²) in [6.07, 6.45) is 0. The van der Waals surface area contributed by atoms with Gasteiger partial charge in [-0.25, -0.2) is 0 Å². The molecule has 148 valence electrons. The van der Waals surface area contributed by atoms with Crippen LogP contribution in [0.1, 0.15) is 24.2 Å². The first-order chi connectivity index (χ1) is 12.8. The molecular weight excluding hydrogens is 350 g/mol. The van der Waals surface area contributed by atoms with E-state index in [1.54, 1.807) is 28.0 Å². The summed E-state index contributed by atoms with van der Waals surface area (Å²) in [6, 6.07) is 4.83. The number of nitrogens with zero attached hydrogens (tertiary/aromatic N) is 2. The highest BCUT2D eigenvalue weighted by atomic mass is 16.5. The van der Waals surface area contributed by atoms with Crippen LogP contribution in [-0.2, 0) is 9.59 Å². The third kappa shape index (κ3) is 5.35. The average molecular weight is 377 g/mol. The summed E-state index contributed by atoms with van der Waals surface area (Å²) in [4.78, 5) is 40.1. The van der Waals surface area contributed by atoms with E-state index in [1.165, 1.54) is 14.2 Å². The molecule has 0 bridgehead atoms. The Morgan fingerprint density at radius 1 is 0.963 bits per heavy atom. The summed E-state index contributed by atoms with van der Waals surface area (Å²) in [6.45, 7) is 5.61. The van der Waals surface area contributed by atoms with Crippen LogP contribution in [0, 0.1) is 5.92 Å². The minimum absolute atomic E-state index is 0.0496. The van der Waals surface area contributed by atoms with Gasteiger partial charge in [0.25, 0.3) is 5.91 Å². The van der Waals surface area contributed by atoms with Gasteiger partial charge >= 0.3 is 0 Å². The number of carbonyl (C=O) groups excluding carboxylic acids is 3. The molecule has 1 fully saturated rings. The van der Waals surface area contributed by atoms with E-state index in [0.29, 0.717) is 43.2 Å². The number of amides is 3. The Morgan fingerprint density at radius 2 is 1.48 bits per heavy atom. The van der Waals surface area contributed by atoms with Crippen LogP contribution in [0.3, 0.4) is 0 Å². The molecule has 8 heteroatoms. The van der Waals surface area contributed by atoms with Crippen LogP contribution >= 0.6 is 0 Å². The molecule has 27 heavy (non-hydrogen) atoms. The maximum absolute atomic E-state index is 12.3. The minimum Gasteiger partial charge on any atom is -0.497 e. The number of methoxy groups -OCH3 is 2. The monoisotopic (exact) mass is 377 g/mol. The van der Waals surface area contributed by atoms with Crippen LogP contribution in [0.25, 0.3) is 0 Å². The minimum atomic E-state index is -0.380. The van der Waals surface area contributed by atoms with Crippen molar-refractivity contribution in [3.8, 4) is 11.5 Å². The standard InChI is InChI=1S/C19H27N3O5/c1-13(2)19(25)22-7-5-21(6-8-22)17(23)12-20-18(24)14-9-15(26-3)11-16(10-14)27-4/h9-11,13H,5-8,12H2,1-4H3,(H,20,24). The zero-order valence-electron chi connectivity index (χ0n) is 16.3. The zero-order valence-corrected chi connectivity index (χ0v) is 16.3. The summed E-state index contributed by atoms with van der Waals surface area (Å²) < 4.78 is 10.3. The predicted octanol–water partition coefficient (Wildman–Crippen LogP) is 0.760. The highest BCUT2D eigenvalue weighted by Gasteiger charge is 2.25. The first-order valence-electron chi connectivity index (χ1n) is 8.93. The van der Waals surface area contributed by atoms with Crippen LogP contribution in [0.2, 0.25) is 0 Å². The second-order valence-electron chi connectivity index (χ2n) is 6.64. The number of hydrogen-bond acceptors (Lipinski definition) is 5. The number of rotatable bonds is 6. The topological polar surface area (TPSA) is 88.2 Å². The zero-order chi connectivity index (χ0) is 20.0. The fourth-order valence-electron chi connectivity index (χ4n) is 2.85. The van der Waals surface area contributed by atoms with Gasteiger partial charge in [-0.1, -0.05) is 13.8 Å². The molecule has 0 unspecified atom stereocenters. The van der Waals surface area contributed by atoms with Crippen LogP contribution in [0.5, 0.6) is 11.5 Å². The van der Waals surface area contributed by atoms with Crippen molar-refractivity contribution in [3.05, 3.63) is 23.8 Å². The molecule has 1 N–H and O–H groups in total. The van der Waals surface area contributed by atoms with E-state index in [2.05, 4.69) is 5.32 Å². The summed E-state index contributed by atoms with van der Waals surface area (Å²) in [5.74, 6) is 0.492. The lowest BCUT2D eigenvalue weighted by atomic mass is 10.1. The lowest BCUT2D eigenvalue weighted by Crippen LogP contribution is -2.53. The molecule has 2 rings (SSSR count). The fraction of sp³-hybridized carbons (Fsp3) is 0.526. The van der Waals surface area contributed by atoms with E-state index in [0.717, 1.165) is 0 Å². The number of nitrogens with one attached hydrogen (secondary N) is 1. The summed E-state index contributed by atoms with van der Waals surface area (Å²) >= 11 is 0. The highest BCUT2D eigenvalue weighted by molar-refractivity contribution is 5.97. The molecule has 0 atom stereocenters. The molecule has 0 saturated carbocycles. The lowest BCUT2D eigenvalue weighted by molar-refractivity contribution is -0.140. The van der Waals surface area contributed by atoms with Crippen molar-refractivity contribution in [2.75, 3.05) is 46.9 Å². The van der Waals surface area contributed by atoms with Crippen molar-refractivity contribution < 1.29 is 23.9 Å². The normalized spacial score (nSPS) is 14.1. The second-order valence-corrected chi connectivity index (χ2v) is 6.64. The Morgan fingerprint density at radius 3 is 1.96 bits per heavy atom. The average Bonchev–Trinajstić information content (AvgIpc) is 2.70. The Balaban J connectivity index is 1.87. The van der Waals surface area contributed by atoms with E-state index < -0.39 is 0 Å². The smallest absolute Gasteiger partial charge is 0.251 e. The number of hydrogen-bond donors (Lipinski definition) is 1. The van der Waals surface area contributed by atoms with Gasteiger partial charge in [0.1, 0.15) is 11.5 Å². The third-order valence-corrected chi connectivity index (χ3v) is 4.45. The second kappa shape index (κ2) is 9.25. The molecule has 1 aromatic carbocycles. The van der Waals surface area contributed by atoms with Crippen molar-refractivity contribution in [1.29, 1.82) is 0 Å². The van der Waals surface area contributed by atoms with Gasteiger partial charge in [-0.2, -0.15) is 0 Å². The third-order valence-electron chi connectivity index (χ3n) is 4.45. The molecule has 1 aliphatic rings. The van der Waals surface area contributed by atoms with Gasteiger partial charge in [-0.15, -0.1) is 0 Å². The van der Waals surface area contributed by atoms with Gasteiger partial charge in [0.2, 0.25) is 11.8 Å². The van der Waals surface area contributed by atoms with Crippen molar-refractivity contribution >= 4 is 17.7 Å². The van der Waals surface area contributed by atoms with Crippen molar-refractivity contribution in [2.45, 2.75) is 13.8 Å². The number of benzene rings is 1. The van der Waals surface area contributed by atoms with Crippen LogP contribution in [0.15, 0.2) is 18.2 Å². The highest BCUT2D eigenvalue weighted by Crippen LogP contribution is 2.22. The van der Waals surface area contributed by atoms with Crippen LogP contribution < -0.4 is 14.8 Å². The molecule has 0 aliphatic carbocycles. The van der Waals surface area contributed by atoms with E-state index in [1.807, 2.05) is 13.8 Å². The maximum atomic E-state index is 12.3. The molecule has 3 amide bonds. The molecule has 1 heterocycles. The molecule has 8 nitrogen and oxygen atoms in total. The van der Waals surface area contributed by atoms with E-state index >= 15 is 0 Å². The molecule has 0 spiro atoms. The molecule has 0 aromatic heterocycles. The number of piperazine rings is 1. The number of ether oxygens (including phenoxy) is 2. The predicted molar refractivity (Wildman–Crippen MR) is 99.9 cm³/mol. The fourth-order valence-corrected chi connectivity index (χ4v) is 2.85. The lowest BCUT2D eigenvalue weighted by Gasteiger charge is -2.35. The molecule has 0 radical (unpaired) electrons. The molecular formula is C19H27N3O5. The first kappa shape index (κ1) is 20.5. The van der Waals surface area contributed by atoms with Crippen molar-refractivity contribution in [3.63, 3.8) is 0 Å². The quantitative estimate of drug-likeness (QED) is 0.791. The van der Waals surface area contributed by atoms with Crippen LogP contribution in [-0.4, -0.2) is 74.5 Å². The van der Waals surface area contributed by atoms with Crippen molar-refractivity contribution in [2.24, 2.45) is 5.92 Å². The van der Waals surface area contributed by atoms with Gasteiger partial charge in [0, 0.05) is 43.7 Å². The Hall–Kier alpha value is -2.77. The summed E-state index contributed by atoms with van der Waals surface area (Å²) in [5, 5.41) is 2.63. The van der Waals surface area contributed by atoms with Crippen molar-refractivity contribution in [1.82, 2.24) is 15.1 Å². The molecule has 1 saturated heterocycles. The Kier molecular flexibility index (Phi) is 7.04. The molecule has 1 aromatic rings. The van der Waals surface area contributed by atoms with Gasteiger partial charge < -0.3 is 24.6 Å². The van der Waals surface area contributed by atoms with Gasteiger partial charge in [0.15, 0.2) is 0 Å². The maximum Gasteiger partial charge on any atom is 0.251 e. The van der Waals surface area contributed by atoms with Gasteiger partial charge in [-0.3, -0.25) is 14.4 Å². The first-order valence-corrected chi connectivity index (χ1v) is 8.93. The van der Waals surface area contributed by atoms with Gasteiger partial charge in [-0.05, 0) is 12.1 Å².